The fourth-order valence-corrected chi connectivity index (χ4v) is 3.30. The van der Waals surface area contributed by atoms with E-state index >= 15 is 0 Å². The van der Waals surface area contributed by atoms with Crippen molar-refractivity contribution in [3.63, 3.8) is 0 Å². The van der Waals surface area contributed by atoms with Crippen LogP contribution in [0.15, 0.2) is 35.1 Å². The molecule has 2 aromatic heterocycles. The van der Waals surface area contributed by atoms with Gasteiger partial charge >= 0.3 is 11.7 Å². The molecule has 0 saturated carbocycles. The molecule has 0 aliphatic heterocycles. The van der Waals surface area contributed by atoms with Gasteiger partial charge in [0.15, 0.2) is 0 Å². The first-order chi connectivity index (χ1) is 12.8. The minimum atomic E-state index is -0.169. The lowest BCUT2D eigenvalue weighted by Crippen LogP contribution is -2.36. The Balaban J connectivity index is 1.67. The summed E-state index contributed by atoms with van der Waals surface area (Å²) < 4.78 is 3.22. The number of aryl methyl sites for hydroxylation is 4. The first-order valence-electron chi connectivity index (χ1n) is 8.83. The first kappa shape index (κ1) is 18.7. The molecule has 1 N–H and O–H groups in total. The van der Waals surface area contributed by atoms with E-state index < -0.39 is 0 Å². The van der Waals surface area contributed by atoms with E-state index in [0.717, 1.165) is 33.5 Å². The van der Waals surface area contributed by atoms with Crippen LogP contribution >= 0.6 is 0 Å². The van der Waals surface area contributed by atoms with Crippen LogP contribution < -0.4 is 11.0 Å². The maximum atomic E-state index is 12.4. The molecule has 7 heteroatoms. The average molecular weight is 367 g/mol. The van der Waals surface area contributed by atoms with E-state index in [1.54, 1.807) is 35.2 Å². The van der Waals surface area contributed by atoms with Crippen molar-refractivity contribution in [1.82, 2.24) is 24.3 Å². The Hall–Kier alpha value is -3.09. The normalized spacial score (nSPS) is 11.0. The van der Waals surface area contributed by atoms with Crippen molar-refractivity contribution < 1.29 is 4.79 Å². The zero-order chi connectivity index (χ0) is 19.7. The predicted octanol–water partition coefficient (Wildman–Crippen LogP) is 2.23. The van der Waals surface area contributed by atoms with Crippen molar-refractivity contribution in [2.24, 2.45) is 14.1 Å². The van der Waals surface area contributed by atoms with Crippen molar-refractivity contribution in [2.45, 2.75) is 26.9 Å². The number of aromatic nitrogens is 3. The van der Waals surface area contributed by atoms with Gasteiger partial charge in [0, 0.05) is 33.4 Å². The Morgan fingerprint density at radius 3 is 2.52 bits per heavy atom. The number of urea groups is 1. The van der Waals surface area contributed by atoms with Crippen molar-refractivity contribution >= 4 is 17.1 Å². The number of pyridine rings is 1. The highest BCUT2D eigenvalue weighted by Gasteiger charge is 2.12. The van der Waals surface area contributed by atoms with E-state index in [-0.39, 0.29) is 11.7 Å². The number of fused-ring (bicyclic) bond motifs is 1. The number of rotatable bonds is 4. The van der Waals surface area contributed by atoms with Crippen molar-refractivity contribution in [3.05, 3.63) is 63.3 Å². The molecule has 142 valence electrons. The summed E-state index contributed by atoms with van der Waals surface area (Å²) in [6.07, 6.45) is 0. The molecule has 3 aromatic rings. The zero-order valence-corrected chi connectivity index (χ0v) is 16.4. The molecule has 0 atom stereocenters. The molecular weight excluding hydrogens is 342 g/mol. The van der Waals surface area contributed by atoms with E-state index in [2.05, 4.69) is 10.3 Å². The molecule has 7 nitrogen and oxygen atoms in total. The number of amides is 2. The van der Waals surface area contributed by atoms with Gasteiger partial charge in [-0.05, 0) is 49.2 Å². The quantitative estimate of drug-likeness (QED) is 0.769. The van der Waals surface area contributed by atoms with E-state index in [1.807, 2.05) is 44.2 Å². The maximum absolute atomic E-state index is 12.4. The number of carbonyl (C=O) groups excluding carboxylic acids is 1. The molecule has 1 aromatic carbocycles. The van der Waals surface area contributed by atoms with Crippen LogP contribution in [0.4, 0.5) is 4.79 Å². The number of imidazole rings is 1. The van der Waals surface area contributed by atoms with E-state index in [9.17, 15) is 9.59 Å². The first-order valence-corrected chi connectivity index (χ1v) is 8.83. The number of hydrogen-bond donors (Lipinski definition) is 1. The van der Waals surface area contributed by atoms with Gasteiger partial charge in [-0.15, -0.1) is 0 Å². The average Bonchev–Trinajstić information content (AvgIpc) is 2.83. The van der Waals surface area contributed by atoms with E-state index in [4.69, 9.17) is 0 Å². The predicted molar refractivity (Wildman–Crippen MR) is 106 cm³/mol. The maximum Gasteiger partial charge on any atom is 0.328 e. The molecule has 27 heavy (non-hydrogen) atoms. The lowest BCUT2D eigenvalue weighted by Gasteiger charge is -2.18. The molecule has 2 amide bonds. The Labute approximate surface area is 158 Å². The number of hydrogen-bond acceptors (Lipinski definition) is 3. The SMILES string of the molecule is Cc1cc(C)nc(CN(C)C(=O)NCc2ccc3c(c2)n(C)c(=O)n3C)c1. The molecule has 0 radical (unpaired) electrons. The monoisotopic (exact) mass is 367 g/mol. The van der Waals surface area contributed by atoms with Crippen LogP contribution in [-0.4, -0.2) is 32.1 Å². The minimum absolute atomic E-state index is 0.0631. The highest BCUT2D eigenvalue weighted by molar-refractivity contribution is 5.77. The van der Waals surface area contributed by atoms with E-state index in [1.165, 1.54) is 0 Å². The summed E-state index contributed by atoms with van der Waals surface area (Å²) in [5, 5.41) is 2.92. The molecule has 0 fully saturated rings. The smallest absolute Gasteiger partial charge is 0.328 e. The number of nitrogens with zero attached hydrogens (tertiary/aromatic N) is 4. The molecule has 2 heterocycles. The molecule has 0 bridgehead atoms. The summed E-state index contributed by atoms with van der Waals surface area (Å²) in [6, 6.07) is 9.59. The van der Waals surface area contributed by atoms with Gasteiger partial charge in [0.25, 0.3) is 0 Å². The largest absolute Gasteiger partial charge is 0.334 e. The van der Waals surface area contributed by atoms with Gasteiger partial charge in [-0.2, -0.15) is 0 Å². The lowest BCUT2D eigenvalue weighted by atomic mass is 10.2. The minimum Gasteiger partial charge on any atom is -0.334 e. The van der Waals surface area contributed by atoms with Crippen molar-refractivity contribution in [2.75, 3.05) is 7.05 Å². The summed E-state index contributed by atoms with van der Waals surface area (Å²) in [4.78, 5) is 30.5. The summed E-state index contributed by atoms with van der Waals surface area (Å²) in [5.74, 6) is 0. The second kappa shape index (κ2) is 7.26. The summed E-state index contributed by atoms with van der Waals surface area (Å²) in [5.41, 5.74) is 5.54. The summed E-state index contributed by atoms with van der Waals surface area (Å²) in [6.45, 7) is 4.80. The van der Waals surface area contributed by atoms with Gasteiger partial charge in [-0.3, -0.25) is 14.1 Å². The third-order valence-corrected chi connectivity index (χ3v) is 4.68. The Morgan fingerprint density at radius 2 is 1.81 bits per heavy atom. The van der Waals surface area contributed by atoms with Crippen LogP contribution in [0.5, 0.6) is 0 Å². The second-order valence-corrected chi connectivity index (χ2v) is 7.02. The third kappa shape index (κ3) is 3.86. The molecule has 0 unspecified atom stereocenters. The van der Waals surface area contributed by atoms with Crippen LogP contribution in [-0.2, 0) is 27.2 Å². The van der Waals surface area contributed by atoms with Crippen LogP contribution in [0.1, 0.15) is 22.5 Å². The van der Waals surface area contributed by atoms with Gasteiger partial charge in [0.1, 0.15) is 0 Å². The fourth-order valence-electron chi connectivity index (χ4n) is 3.30. The number of benzene rings is 1. The van der Waals surface area contributed by atoms with Gasteiger partial charge in [0.2, 0.25) is 0 Å². The van der Waals surface area contributed by atoms with Gasteiger partial charge in [-0.1, -0.05) is 6.07 Å². The molecule has 0 aliphatic carbocycles. The van der Waals surface area contributed by atoms with Crippen LogP contribution in [0.25, 0.3) is 11.0 Å². The van der Waals surface area contributed by atoms with Gasteiger partial charge < -0.3 is 10.2 Å². The van der Waals surface area contributed by atoms with Crippen LogP contribution in [0.3, 0.4) is 0 Å². The number of carbonyl (C=O) groups is 1. The van der Waals surface area contributed by atoms with Crippen molar-refractivity contribution in [3.8, 4) is 0 Å². The Bertz CT molecular complexity index is 1040. The van der Waals surface area contributed by atoms with Gasteiger partial charge in [-0.25, -0.2) is 9.59 Å². The third-order valence-electron chi connectivity index (χ3n) is 4.68. The highest BCUT2D eigenvalue weighted by Crippen LogP contribution is 2.14. The highest BCUT2D eigenvalue weighted by atomic mass is 16.2. The summed E-state index contributed by atoms with van der Waals surface area (Å²) >= 11 is 0. The Morgan fingerprint density at radius 1 is 1.11 bits per heavy atom. The standard InChI is InChI=1S/C20H25N5O2/c1-13-8-14(2)22-16(9-13)12-23(3)19(26)21-11-15-6-7-17-18(10-15)25(5)20(27)24(17)4/h6-10H,11-12H2,1-5H3,(H,21,26). The second-order valence-electron chi connectivity index (χ2n) is 7.02. The summed E-state index contributed by atoms with van der Waals surface area (Å²) in [7, 11) is 5.25. The molecule has 0 saturated heterocycles. The zero-order valence-electron chi connectivity index (χ0n) is 16.4. The topological polar surface area (TPSA) is 72.2 Å². The lowest BCUT2D eigenvalue weighted by molar-refractivity contribution is 0.206. The number of nitrogens with one attached hydrogen (secondary N) is 1. The van der Waals surface area contributed by atoms with Crippen molar-refractivity contribution in [1.29, 1.82) is 0 Å². The van der Waals surface area contributed by atoms with Crippen LogP contribution in [0.2, 0.25) is 0 Å². The Kier molecular flexibility index (Phi) is 5.03. The fraction of sp³-hybridized carbons (Fsp3) is 0.350. The molecule has 0 spiro atoms. The molecule has 0 aliphatic rings. The van der Waals surface area contributed by atoms with E-state index in [0.29, 0.717) is 13.1 Å². The van der Waals surface area contributed by atoms with Crippen LogP contribution in [0, 0.1) is 13.8 Å². The van der Waals surface area contributed by atoms with Gasteiger partial charge in [0.05, 0.1) is 23.3 Å². The molecule has 3 rings (SSSR count). The molecular formula is C20H25N5O2.